The lowest BCUT2D eigenvalue weighted by molar-refractivity contribution is 0.215. The molecule has 0 bridgehead atoms. The first kappa shape index (κ1) is 17.3. The van der Waals surface area contributed by atoms with Crippen molar-refractivity contribution in [3.8, 4) is 11.5 Å². The lowest BCUT2D eigenvalue weighted by Crippen LogP contribution is -2.11. The van der Waals surface area contributed by atoms with Crippen molar-refractivity contribution in [3.63, 3.8) is 0 Å². The highest BCUT2D eigenvalue weighted by Gasteiger charge is 2.07. The van der Waals surface area contributed by atoms with Gasteiger partial charge in [0.2, 0.25) is 0 Å². The van der Waals surface area contributed by atoms with Crippen LogP contribution in [0.25, 0.3) is 0 Å². The summed E-state index contributed by atoms with van der Waals surface area (Å²) in [4.78, 5) is 0. The Balaban J connectivity index is 1.94. The van der Waals surface area contributed by atoms with Crippen LogP contribution < -0.4 is 9.47 Å². The van der Waals surface area contributed by atoms with Crippen molar-refractivity contribution in [1.82, 2.24) is 0 Å². The number of hydrogen-bond acceptors (Lipinski definition) is 4. The van der Waals surface area contributed by atoms with Gasteiger partial charge < -0.3 is 14.7 Å². The first-order valence-electron chi connectivity index (χ1n) is 7.43. The third kappa shape index (κ3) is 4.99. The van der Waals surface area contributed by atoms with Gasteiger partial charge in [0.05, 0.1) is 6.21 Å². The number of benzene rings is 2. The second-order valence-corrected chi connectivity index (χ2v) is 6.23. The van der Waals surface area contributed by atoms with Crippen LogP contribution in [0.15, 0.2) is 52.1 Å². The van der Waals surface area contributed by atoms with Crippen LogP contribution in [0.1, 0.15) is 30.9 Å². The summed E-state index contributed by atoms with van der Waals surface area (Å²) in [6, 6.07) is 13.5. The standard InChI is InChI=1S/C18H20BrNO3/c1-13(2)16-5-3-4-6-18(16)23-10-9-22-17-8-7-15(19)11-14(17)12-20-21/h3-8,11-13,21H,9-10H2,1-2H3. The highest BCUT2D eigenvalue weighted by Crippen LogP contribution is 2.26. The molecular formula is C18H20BrNO3. The van der Waals surface area contributed by atoms with Gasteiger partial charge in [-0.2, -0.15) is 0 Å². The summed E-state index contributed by atoms with van der Waals surface area (Å²) in [5, 5.41) is 11.8. The molecule has 1 N–H and O–H groups in total. The van der Waals surface area contributed by atoms with E-state index in [1.165, 1.54) is 11.8 Å². The van der Waals surface area contributed by atoms with Crippen LogP contribution in [-0.4, -0.2) is 24.6 Å². The number of halogens is 1. The summed E-state index contributed by atoms with van der Waals surface area (Å²) in [5.74, 6) is 1.94. The van der Waals surface area contributed by atoms with Crippen molar-refractivity contribution in [2.45, 2.75) is 19.8 Å². The summed E-state index contributed by atoms with van der Waals surface area (Å²) >= 11 is 3.38. The maximum atomic E-state index is 8.71. The lowest BCUT2D eigenvalue weighted by Gasteiger charge is -2.14. The van der Waals surface area contributed by atoms with Gasteiger partial charge in [-0.3, -0.25) is 0 Å². The van der Waals surface area contributed by atoms with E-state index in [1.807, 2.05) is 36.4 Å². The molecule has 122 valence electrons. The molecule has 0 atom stereocenters. The smallest absolute Gasteiger partial charge is 0.128 e. The van der Waals surface area contributed by atoms with Crippen molar-refractivity contribution in [2.24, 2.45) is 5.16 Å². The van der Waals surface area contributed by atoms with Gasteiger partial charge in [0, 0.05) is 10.0 Å². The predicted octanol–water partition coefficient (Wildman–Crippen LogP) is 4.84. The van der Waals surface area contributed by atoms with Gasteiger partial charge in [0.25, 0.3) is 0 Å². The van der Waals surface area contributed by atoms with Gasteiger partial charge in [0.1, 0.15) is 24.7 Å². The minimum absolute atomic E-state index is 0.403. The van der Waals surface area contributed by atoms with Crippen LogP contribution in [0.3, 0.4) is 0 Å². The molecule has 0 aliphatic rings. The molecule has 0 unspecified atom stereocenters. The highest BCUT2D eigenvalue weighted by atomic mass is 79.9. The summed E-state index contributed by atoms with van der Waals surface area (Å²) < 4.78 is 12.4. The minimum Gasteiger partial charge on any atom is -0.490 e. The minimum atomic E-state index is 0.403. The van der Waals surface area contributed by atoms with Crippen LogP contribution in [0.5, 0.6) is 11.5 Å². The quantitative estimate of drug-likeness (QED) is 0.325. The zero-order valence-corrected chi connectivity index (χ0v) is 14.8. The van der Waals surface area contributed by atoms with Crippen LogP contribution in [0.2, 0.25) is 0 Å². The Hall–Kier alpha value is -2.01. The summed E-state index contributed by atoms with van der Waals surface area (Å²) in [6.07, 6.45) is 1.34. The Bertz CT molecular complexity index is 671. The molecule has 0 saturated heterocycles. The average Bonchev–Trinajstić information content (AvgIpc) is 2.54. The van der Waals surface area contributed by atoms with Gasteiger partial charge in [-0.15, -0.1) is 0 Å². The van der Waals surface area contributed by atoms with Gasteiger partial charge in [-0.05, 0) is 35.7 Å². The fourth-order valence-corrected chi connectivity index (χ4v) is 2.58. The predicted molar refractivity (Wildman–Crippen MR) is 95.0 cm³/mol. The van der Waals surface area contributed by atoms with Crippen molar-refractivity contribution in [2.75, 3.05) is 13.2 Å². The molecule has 0 fully saturated rings. The van der Waals surface area contributed by atoms with E-state index in [9.17, 15) is 0 Å². The molecule has 0 heterocycles. The molecule has 2 aromatic carbocycles. The summed E-state index contributed by atoms with van der Waals surface area (Å²) in [7, 11) is 0. The fourth-order valence-electron chi connectivity index (χ4n) is 2.21. The van der Waals surface area contributed by atoms with E-state index in [1.54, 1.807) is 0 Å². The van der Waals surface area contributed by atoms with Crippen LogP contribution in [-0.2, 0) is 0 Å². The van der Waals surface area contributed by atoms with E-state index >= 15 is 0 Å². The van der Waals surface area contributed by atoms with E-state index in [4.69, 9.17) is 14.7 Å². The number of oxime groups is 1. The molecule has 5 heteroatoms. The molecule has 2 rings (SSSR count). The van der Waals surface area contributed by atoms with Gasteiger partial charge in [-0.25, -0.2) is 0 Å². The molecule has 23 heavy (non-hydrogen) atoms. The van der Waals surface area contributed by atoms with Gasteiger partial charge in [0.15, 0.2) is 0 Å². The number of para-hydroxylation sites is 1. The van der Waals surface area contributed by atoms with Crippen molar-refractivity contribution < 1.29 is 14.7 Å². The van der Waals surface area contributed by atoms with Crippen LogP contribution in [0, 0.1) is 0 Å². The monoisotopic (exact) mass is 377 g/mol. The number of hydrogen-bond donors (Lipinski definition) is 1. The SMILES string of the molecule is CC(C)c1ccccc1OCCOc1ccc(Br)cc1C=NO. The summed E-state index contributed by atoms with van der Waals surface area (Å²) in [5.41, 5.74) is 1.88. The van der Waals surface area contributed by atoms with Crippen LogP contribution in [0.4, 0.5) is 0 Å². The number of nitrogens with zero attached hydrogens (tertiary/aromatic N) is 1. The average molecular weight is 378 g/mol. The topological polar surface area (TPSA) is 51.0 Å². The maximum Gasteiger partial charge on any atom is 0.128 e. The molecule has 0 radical (unpaired) electrons. The zero-order valence-electron chi connectivity index (χ0n) is 13.2. The lowest BCUT2D eigenvalue weighted by atomic mass is 10.0. The molecule has 0 aromatic heterocycles. The normalized spacial score (nSPS) is 11.1. The van der Waals surface area contributed by atoms with E-state index in [0.29, 0.717) is 30.4 Å². The molecule has 0 aliphatic heterocycles. The Morgan fingerprint density at radius 1 is 1.09 bits per heavy atom. The summed E-state index contributed by atoms with van der Waals surface area (Å²) in [6.45, 7) is 5.12. The van der Waals surface area contributed by atoms with Gasteiger partial charge >= 0.3 is 0 Å². The van der Waals surface area contributed by atoms with Gasteiger partial charge in [-0.1, -0.05) is 53.1 Å². The molecule has 0 amide bonds. The Morgan fingerprint density at radius 2 is 1.78 bits per heavy atom. The highest BCUT2D eigenvalue weighted by molar-refractivity contribution is 9.10. The molecule has 0 spiro atoms. The van der Waals surface area contributed by atoms with Crippen molar-refractivity contribution in [1.29, 1.82) is 0 Å². The van der Waals surface area contributed by atoms with Crippen molar-refractivity contribution in [3.05, 3.63) is 58.1 Å². The maximum absolute atomic E-state index is 8.71. The second kappa shape index (κ2) is 8.58. The molecule has 0 saturated carbocycles. The van der Waals surface area contributed by atoms with Crippen LogP contribution >= 0.6 is 15.9 Å². The van der Waals surface area contributed by atoms with E-state index in [-0.39, 0.29) is 0 Å². The second-order valence-electron chi connectivity index (χ2n) is 5.32. The third-order valence-corrected chi connectivity index (χ3v) is 3.80. The molecular weight excluding hydrogens is 358 g/mol. The fraction of sp³-hybridized carbons (Fsp3) is 0.278. The molecule has 0 aliphatic carbocycles. The number of ether oxygens (including phenoxy) is 2. The van der Waals surface area contributed by atoms with E-state index in [2.05, 4.69) is 41.0 Å². The third-order valence-electron chi connectivity index (χ3n) is 3.31. The Morgan fingerprint density at radius 3 is 2.48 bits per heavy atom. The Labute approximate surface area is 144 Å². The van der Waals surface area contributed by atoms with E-state index in [0.717, 1.165) is 10.2 Å². The molecule has 4 nitrogen and oxygen atoms in total. The van der Waals surface area contributed by atoms with Crippen molar-refractivity contribution >= 4 is 22.1 Å². The first-order chi connectivity index (χ1) is 11.1. The first-order valence-corrected chi connectivity index (χ1v) is 8.22. The van der Waals surface area contributed by atoms with E-state index < -0.39 is 0 Å². The molecule has 2 aromatic rings. The Kier molecular flexibility index (Phi) is 6.47. The zero-order chi connectivity index (χ0) is 16.7. The largest absolute Gasteiger partial charge is 0.490 e. The number of rotatable bonds is 7.